The first-order chi connectivity index (χ1) is 11.8. The summed E-state index contributed by atoms with van der Waals surface area (Å²) in [5, 5.41) is 0. The van der Waals surface area contributed by atoms with Crippen molar-refractivity contribution in [3.8, 4) is 5.75 Å². The SMILES string of the molecule is COc1ccc(F)cc1S(=O)(=O)N1CC[C@@]2(C)[C@@H]1CCCCCN2C. The zero-order valence-corrected chi connectivity index (χ0v) is 16.0. The molecule has 0 unspecified atom stereocenters. The maximum absolute atomic E-state index is 13.7. The van der Waals surface area contributed by atoms with Crippen LogP contribution in [0.3, 0.4) is 0 Å². The van der Waals surface area contributed by atoms with Crippen molar-refractivity contribution in [2.45, 2.75) is 55.5 Å². The van der Waals surface area contributed by atoms with Gasteiger partial charge in [-0.1, -0.05) is 12.8 Å². The average molecular weight is 370 g/mol. The second-order valence-corrected chi connectivity index (χ2v) is 9.16. The molecule has 0 bridgehead atoms. The molecule has 2 fully saturated rings. The van der Waals surface area contributed by atoms with Gasteiger partial charge < -0.3 is 4.74 Å². The van der Waals surface area contributed by atoms with E-state index in [0.717, 1.165) is 44.7 Å². The van der Waals surface area contributed by atoms with Gasteiger partial charge in [-0.3, -0.25) is 4.90 Å². The minimum Gasteiger partial charge on any atom is -0.495 e. The first kappa shape index (κ1) is 18.6. The third kappa shape index (κ3) is 3.17. The molecule has 7 heteroatoms. The Balaban J connectivity index is 2.02. The van der Waals surface area contributed by atoms with Crippen molar-refractivity contribution in [3.05, 3.63) is 24.0 Å². The number of ether oxygens (including phenoxy) is 1. The third-order valence-electron chi connectivity index (χ3n) is 5.96. The molecule has 0 N–H and O–H groups in total. The van der Waals surface area contributed by atoms with Crippen LogP contribution in [0.2, 0.25) is 0 Å². The molecule has 25 heavy (non-hydrogen) atoms. The minimum atomic E-state index is -3.82. The van der Waals surface area contributed by atoms with Crippen molar-refractivity contribution in [1.29, 1.82) is 0 Å². The van der Waals surface area contributed by atoms with E-state index >= 15 is 0 Å². The summed E-state index contributed by atoms with van der Waals surface area (Å²) >= 11 is 0. The molecule has 1 aromatic carbocycles. The van der Waals surface area contributed by atoms with E-state index in [1.54, 1.807) is 4.31 Å². The van der Waals surface area contributed by atoms with Crippen molar-refractivity contribution < 1.29 is 17.5 Å². The zero-order chi connectivity index (χ0) is 18.2. The number of hydrogen-bond acceptors (Lipinski definition) is 4. The topological polar surface area (TPSA) is 49.9 Å². The predicted molar refractivity (Wildman–Crippen MR) is 94.8 cm³/mol. The van der Waals surface area contributed by atoms with Crippen molar-refractivity contribution in [2.75, 3.05) is 27.2 Å². The summed E-state index contributed by atoms with van der Waals surface area (Å²) in [6.45, 7) is 3.58. The van der Waals surface area contributed by atoms with Crippen LogP contribution in [0.15, 0.2) is 23.1 Å². The summed E-state index contributed by atoms with van der Waals surface area (Å²) in [5.74, 6) is -0.384. The second-order valence-electron chi connectivity index (χ2n) is 7.30. The molecule has 140 valence electrons. The van der Waals surface area contributed by atoms with Gasteiger partial charge in [0.1, 0.15) is 16.5 Å². The number of halogens is 1. The van der Waals surface area contributed by atoms with Crippen molar-refractivity contribution in [3.63, 3.8) is 0 Å². The van der Waals surface area contributed by atoms with Gasteiger partial charge in [-0.25, -0.2) is 12.8 Å². The molecule has 0 amide bonds. The summed E-state index contributed by atoms with van der Waals surface area (Å²) in [4.78, 5) is 2.22. The standard InChI is InChI=1S/C18H27FN2O3S/c1-18-10-12-21(17(18)7-5-4-6-11-20(18)2)25(22,23)16-13-14(19)8-9-15(16)24-3/h8-9,13,17H,4-7,10-12H2,1-3H3/t17-,18-/m0/s1. The summed E-state index contributed by atoms with van der Waals surface area (Å²) in [7, 11) is -0.335. The van der Waals surface area contributed by atoms with Crippen molar-refractivity contribution >= 4 is 10.0 Å². The number of fused-ring (bicyclic) bond motifs is 1. The molecule has 0 spiro atoms. The Morgan fingerprint density at radius 3 is 2.72 bits per heavy atom. The molecule has 0 aliphatic carbocycles. The average Bonchev–Trinajstić information content (AvgIpc) is 2.91. The highest BCUT2D eigenvalue weighted by Crippen LogP contribution is 2.41. The fraction of sp³-hybridized carbons (Fsp3) is 0.667. The fourth-order valence-corrected chi connectivity index (χ4v) is 6.17. The van der Waals surface area contributed by atoms with Crippen molar-refractivity contribution in [1.82, 2.24) is 9.21 Å². The van der Waals surface area contributed by atoms with Gasteiger partial charge in [0.2, 0.25) is 10.0 Å². The molecule has 1 aromatic rings. The number of hydrogen-bond donors (Lipinski definition) is 0. The maximum Gasteiger partial charge on any atom is 0.247 e. The lowest BCUT2D eigenvalue weighted by Gasteiger charge is -2.43. The molecular weight excluding hydrogens is 343 g/mol. The molecule has 2 aliphatic rings. The first-order valence-corrected chi connectivity index (χ1v) is 10.3. The van der Waals surface area contributed by atoms with Crippen molar-refractivity contribution in [2.24, 2.45) is 0 Å². The van der Waals surface area contributed by atoms with E-state index in [0.29, 0.717) is 6.54 Å². The van der Waals surface area contributed by atoms with Gasteiger partial charge in [0.25, 0.3) is 0 Å². The number of sulfonamides is 1. The Labute approximate surface area is 149 Å². The molecule has 3 rings (SSSR count). The number of rotatable bonds is 3. The molecule has 2 aliphatic heterocycles. The Morgan fingerprint density at radius 2 is 2.00 bits per heavy atom. The molecule has 2 heterocycles. The molecular formula is C18H27FN2O3S. The van der Waals surface area contributed by atoms with Gasteiger partial charge in [0.05, 0.1) is 7.11 Å². The van der Waals surface area contributed by atoms with Crippen LogP contribution in [-0.2, 0) is 10.0 Å². The lowest BCUT2D eigenvalue weighted by Crippen LogP contribution is -2.55. The lowest BCUT2D eigenvalue weighted by molar-refractivity contribution is 0.0876. The van der Waals surface area contributed by atoms with E-state index in [-0.39, 0.29) is 22.2 Å². The van der Waals surface area contributed by atoms with Gasteiger partial charge in [0, 0.05) is 18.1 Å². The smallest absolute Gasteiger partial charge is 0.247 e. The quantitative estimate of drug-likeness (QED) is 0.821. The molecule has 0 radical (unpaired) electrons. The van der Waals surface area contributed by atoms with Gasteiger partial charge in [-0.2, -0.15) is 4.31 Å². The van der Waals surface area contributed by atoms with Crippen LogP contribution in [-0.4, -0.2) is 56.5 Å². The van der Waals surface area contributed by atoms with Crippen LogP contribution in [0, 0.1) is 5.82 Å². The van der Waals surface area contributed by atoms with Crippen LogP contribution in [0.25, 0.3) is 0 Å². The predicted octanol–water partition coefficient (Wildman–Crippen LogP) is 2.86. The third-order valence-corrected chi connectivity index (χ3v) is 7.89. The number of methoxy groups -OCH3 is 1. The van der Waals surface area contributed by atoms with Gasteiger partial charge in [-0.15, -0.1) is 0 Å². The number of likely N-dealkylation sites (tertiary alicyclic amines) is 1. The lowest BCUT2D eigenvalue weighted by atomic mass is 9.86. The van der Waals surface area contributed by atoms with E-state index in [9.17, 15) is 12.8 Å². The second kappa shape index (κ2) is 6.85. The summed E-state index contributed by atoms with van der Waals surface area (Å²) in [5.41, 5.74) is -0.186. The van der Waals surface area contributed by atoms with E-state index in [2.05, 4.69) is 18.9 Å². The van der Waals surface area contributed by atoms with Gasteiger partial charge in [-0.05, 0) is 58.0 Å². The van der Waals surface area contributed by atoms with E-state index in [4.69, 9.17) is 4.74 Å². The Morgan fingerprint density at radius 1 is 1.24 bits per heavy atom. The van der Waals surface area contributed by atoms with Crippen LogP contribution in [0.1, 0.15) is 39.0 Å². The van der Waals surface area contributed by atoms with E-state index in [1.165, 1.54) is 19.2 Å². The Bertz CT molecular complexity index is 740. The van der Waals surface area contributed by atoms with E-state index < -0.39 is 15.8 Å². The van der Waals surface area contributed by atoms with Crippen LogP contribution in [0.4, 0.5) is 4.39 Å². The summed E-state index contributed by atoms with van der Waals surface area (Å²) in [6, 6.07) is 3.56. The first-order valence-electron chi connectivity index (χ1n) is 8.87. The number of nitrogens with zero attached hydrogens (tertiary/aromatic N) is 2. The Kier molecular flexibility index (Phi) is 5.10. The monoisotopic (exact) mass is 370 g/mol. The molecule has 0 aromatic heterocycles. The van der Waals surface area contributed by atoms with Gasteiger partial charge in [0.15, 0.2) is 0 Å². The highest BCUT2D eigenvalue weighted by Gasteiger charge is 2.51. The number of likely N-dealkylation sites (N-methyl/N-ethyl adjacent to an activating group) is 1. The molecule has 0 saturated carbocycles. The highest BCUT2D eigenvalue weighted by molar-refractivity contribution is 7.89. The molecule has 5 nitrogen and oxygen atoms in total. The maximum atomic E-state index is 13.7. The normalized spacial score (nSPS) is 29.0. The minimum absolute atomic E-state index is 0.0797. The van der Waals surface area contributed by atoms with Crippen LogP contribution < -0.4 is 4.74 Å². The zero-order valence-electron chi connectivity index (χ0n) is 15.2. The summed E-state index contributed by atoms with van der Waals surface area (Å²) < 4.78 is 47.2. The highest BCUT2D eigenvalue weighted by atomic mass is 32.2. The Hall–Kier alpha value is -1.18. The molecule has 2 saturated heterocycles. The van der Waals surface area contributed by atoms with Gasteiger partial charge >= 0.3 is 0 Å². The fourth-order valence-electron chi connectivity index (χ4n) is 4.25. The molecule has 2 atom stereocenters. The summed E-state index contributed by atoms with van der Waals surface area (Å²) in [6.07, 6.45) is 4.88. The largest absolute Gasteiger partial charge is 0.495 e. The van der Waals surface area contributed by atoms with Crippen LogP contribution in [0.5, 0.6) is 5.75 Å². The number of benzene rings is 1. The van der Waals surface area contributed by atoms with E-state index in [1.807, 2.05) is 0 Å². The van der Waals surface area contributed by atoms with Crippen LogP contribution >= 0.6 is 0 Å².